The molecule has 0 saturated carbocycles. The molecule has 1 aromatic rings. The number of amides is 5. The van der Waals surface area contributed by atoms with Gasteiger partial charge in [-0.2, -0.15) is 0 Å². The van der Waals surface area contributed by atoms with Gasteiger partial charge in [-0.25, -0.2) is 4.79 Å². The molecule has 10 heteroatoms. The van der Waals surface area contributed by atoms with E-state index in [1.165, 1.54) is 4.90 Å². The summed E-state index contributed by atoms with van der Waals surface area (Å²) in [5.74, 6) is 1.53. The highest BCUT2D eigenvalue weighted by Crippen LogP contribution is 2.38. The normalized spacial score (nSPS) is 27.6. The third-order valence-electron chi connectivity index (χ3n) is 8.09. The molecule has 36 heavy (non-hydrogen) atoms. The third-order valence-corrected chi connectivity index (χ3v) is 8.09. The monoisotopic (exact) mass is 498 g/mol. The first kappa shape index (κ1) is 24.4. The minimum atomic E-state index is -0.843. The van der Waals surface area contributed by atoms with E-state index in [-0.39, 0.29) is 48.6 Å². The van der Waals surface area contributed by atoms with Crippen molar-refractivity contribution in [3.8, 4) is 11.5 Å². The summed E-state index contributed by atoms with van der Waals surface area (Å²) in [5, 5.41) is 2.69. The summed E-state index contributed by atoms with van der Waals surface area (Å²) in [6.45, 7) is 2.14. The van der Waals surface area contributed by atoms with Crippen LogP contribution < -0.4 is 14.8 Å². The van der Waals surface area contributed by atoms with Crippen molar-refractivity contribution in [2.75, 3.05) is 40.4 Å². The van der Waals surface area contributed by atoms with Gasteiger partial charge < -0.3 is 24.6 Å². The fourth-order valence-corrected chi connectivity index (χ4v) is 6.32. The van der Waals surface area contributed by atoms with E-state index < -0.39 is 12.1 Å². The van der Waals surface area contributed by atoms with Crippen molar-refractivity contribution in [3.05, 3.63) is 23.8 Å². The molecule has 194 valence electrons. The van der Waals surface area contributed by atoms with Crippen molar-refractivity contribution in [3.63, 3.8) is 0 Å². The van der Waals surface area contributed by atoms with Crippen LogP contribution in [-0.2, 0) is 20.8 Å². The van der Waals surface area contributed by atoms with Crippen molar-refractivity contribution in [2.24, 2.45) is 11.8 Å². The van der Waals surface area contributed by atoms with E-state index in [1.807, 2.05) is 21.9 Å². The van der Waals surface area contributed by atoms with Crippen LogP contribution in [0.3, 0.4) is 0 Å². The van der Waals surface area contributed by atoms with Crippen LogP contribution in [0, 0.1) is 11.8 Å². The number of urea groups is 1. The van der Waals surface area contributed by atoms with Gasteiger partial charge in [-0.1, -0.05) is 6.07 Å². The molecule has 4 atom stereocenters. The molecule has 10 nitrogen and oxygen atoms in total. The van der Waals surface area contributed by atoms with E-state index >= 15 is 0 Å². The number of hydrogen-bond acceptors (Lipinski definition) is 6. The smallest absolute Gasteiger partial charge is 0.324 e. The molecule has 0 aromatic heterocycles. The first-order valence-corrected chi connectivity index (χ1v) is 12.8. The first-order chi connectivity index (χ1) is 17.4. The second-order valence-electron chi connectivity index (χ2n) is 10.3. The highest BCUT2D eigenvalue weighted by Gasteiger charge is 2.46. The van der Waals surface area contributed by atoms with E-state index in [9.17, 15) is 19.2 Å². The lowest BCUT2D eigenvalue weighted by atomic mass is 9.76. The van der Waals surface area contributed by atoms with Crippen LogP contribution in [0.4, 0.5) is 4.79 Å². The molecule has 4 fully saturated rings. The Bertz CT molecular complexity index is 1060. The van der Waals surface area contributed by atoms with Crippen LogP contribution in [0.15, 0.2) is 18.2 Å². The number of methoxy groups -OCH3 is 2. The second kappa shape index (κ2) is 9.99. The Morgan fingerprint density at radius 1 is 1.08 bits per heavy atom. The Morgan fingerprint density at radius 2 is 1.89 bits per heavy atom. The van der Waals surface area contributed by atoms with Gasteiger partial charge >= 0.3 is 6.03 Å². The topological polar surface area (TPSA) is 108 Å². The molecule has 0 radical (unpaired) electrons. The van der Waals surface area contributed by atoms with Crippen LogP contribution in [0.5, 0.6) is 11.5 Å². The number of likely N-dealkylation sites (tertiary alicyclic amines) is 1. The molecular weight excluding hydrogens is 464 g/mol. The number of fused-ring (bicyclic) bond motifs is 4. The molecule has 4 aliphatic heterocycles. The summed E-state index contributed by atoms with van der Waals surface area (Å²) in [6.07, 6.45) is 4.01. The van der Waals surface area contributed by atoms with E-state index in [0.29, 0.717) is 44.0 Å². The van der Waals surface area contributed by atoms with Crippen molar-refractivity contribution in [1.29, 1.82) is 0 Å². The fourth-order valence-electron chi connectivity index (χ4n) is 6.32. The van der Waals surface area contributed by atoms with E-state index in [1.54, 1.807) is 20.3 Å². The SMILES string of the molecule is COc1ccc(CCN2C(=O)NC(CC(=O)N3CC4CC(C3)C3CCCC(=O)N3C4)C2=O)cc1OC. The lowest BCUT2D eigenvalue weighted by molar-refractivity contribution is -0.149. The number of nitrogens with one attached hydrogen (secondary N) is 1. The Labute approximate surface area is 210 Å². The van der Waals surface area contributed by atoms with Gasteiger partial charge in [0.2, 0.25) is 11.8 Å². The number of nitrogens with zero attached hydrogens (tertiary/aromatic N) is 3. The number of rotatable bonds is 7. The molecule has 4 saturated heterocycles. The predicted molar refractivity (Wildman–Crippen MR) is 129 cm³/mol. The second-order valence-corrected chi connectivity index (χ2v) is 10.3. The van der Waals surface area contributed by atoms with Gasteiger partial charge in [0, 0.05) is 38.6 Å². The van der Waals surface area contributed by atoms with Gasteiger partial charge in [-0.15, -0.1) is 0 Å². The number of piperidine rings is 3. The molecule has 1 N–H and O–H groups in total. The van der Waals surface area contributed by atoms with Gasteiger partial charge in [0.1, 0.15) is 6.04 Å². The Balaban J connectivity index is 1.17. The zero-order chi connectivity index (χ0) is 25.4. The number of carbonyl (C=O) groups excluding carboxylic acids is 4. The maximum Gasteiger partial charge on any atom is 0.324 e. The highest BCUT2D eigenvalue weighted by atomic mass is 16.5. The van der Waals surface area contributed by atoms with Crippen LogP contribution in [-0.4, -0.2) is 90.9 Å². The number of benzene rings is 1. The lowest BCUT2D eigenvalue weighted by Crippen LogP contribution is -2.61. The molecule has 0 spiro atoms. The molecule has 5 rings (SSSR count). The predicted octanol–water partition coefficient (Wildman–Crippen LogP) is 1.42. The molecule has 0 aliphatic carbocycles. The lowest BCUT2D eigenvalue weighted by Gasteiger charge is -2.52. The highest BCUT2D eigenvalue weighted by molar-refractivity contribution is 6.05. The minimum absolute atomic E-state index is 0.0375. The molecule has 5 amide bonds. The summed E-state index contributed by atoms with van der Waals surface area (Å²) in [5.41, 5.74) is 0.905. The minimum Gasteiger partial charge on any atom is -0.493 e. The fraction of sp³-hybridized carbons (Fsp3) is 0.615. The van der Waals surface area contributed by atoms with Crippen molar-refractivity contribution < 1.29 is 28.7 Å². The maximum atomic E-state index is 13.2. The number of ether oxygens (including phenoxy) is 2. The maximum absolute atomic E-state index is 13.2. The van der Waals surface area contributed by atoms with Gasteiger partial charge in [-0.05, 0) is 55.2 Å². The van der Waals surface area contributed by atoms with Crippen LogP contribution in [0.1, 0.15) is 37.7 Å². The molecular formula is C26H34N4O6. The molecule has 2 bridgehead atoms. The molecule has 4 unspecified atom stereocenters. The number of imide groups is 1. The Morgan fingerprint density at radius 3 is 2.67 bits per heavy atom. The Kier molecular flexibility index (Phi) is 6.77. The van der Waals surface area contributed by atoms with Gasteiger partial charge in [-0.3, -0.25) is 19.3 Å². The standard InChI is InChI=1S/C26H34N4O6/c1-35-21-7-6-16(11-22(21)36-2)8-9-29-25(33)19(27-26(29)34)12-24(32)28-13-17-10-18(15-28)20-4-3-5-23(31)30(20)14-17/h6-7,11,17-20H,3-5,8-10,12-15H2,1-2H3,(H,27,34). The van der Waals surface area contributed by atoms with Crippen LogP contribution >= 0.6 is 0 Å². The van der Waals surface area contributed by atoms with Crippen molar-refractivity contribution >= 4 is 23.8 Å². The number of carbonyl (C=O) groups is 4. The Hall–Kier alpha value is -3.30. The van der Waals surface area contributed by atoms with Crippen molar-refractivity contribution in [1.82, 2.24) is 20.0 Å². The summed E-state index contributed by atoms with van der Waals surface area (Å²) >= 11 is 0. The van der Waals surface area contributed by atoms with E-state index in [0.717, 1.165) is 24.8 Å². The molecule has 4 aliphatic rings. The molecule has 1 aromatic carbocycles. The van der Waals surface area contributed by atoms with Gasteiger partial charge in [0.15, 0.2) is 11.5 Å². The summed E-state index contributed by atoms with van der Waals surface area (Å²) in [4.78, 5) is 56.1. The third kappa shape index (κ3) is 4.60. The summed E-state index contributed by atoms with van der Waals surface area (Å²) in [6, 6.07) is 4.40. The van der Waals surface area contributed by atoms with Crippen molar-refractivity contribution in [2.45, 2.75) is 50.6 Å². The van der Waals surface area contributed by atoms with Gasteiger partial charge in [0.25, 0.3) is 5.91 Å². The average molecular weight is 499 g/mol. The first-order valence-electron chi connectivity index (χ1n) is 12.8. The average Bonchev–Trinajstić information content (AvgIpc) is 3.14. The quantitative estimate of drug-likeness (QED) is 0.570. The van der Waals surface area contributed by atoms with Crippen LogP contribution in [0.2, 0.25) is 0 Å². The van der Waals surface area contributed by atoms with Gasteiger partial charge in [0.05, 0.1) is 20.6 Å². The van der Waals surface area contributed by atoms with E-state index in [4.69, 9.17) is 9.47 Å². The largest absolute Gasteiger partial charge is 0.493 e. The summed E-state index contributed by atoms with van der Waals surface area (Å²) in [7, 11) is 3.12. The van der Waals surface area contributed by atoms with E-state index in [2.05, 4.69) is 5.32 Å². The summed E-state index contributed by atoms with van der Waals surface area (Å²) < 4.78 is 10.6. The zero-order valence-electron chi connectivity index (χ0n) is 20.9. The zero-order valence-corrected chi connectivity index (χ0v) is 20.9. The molecule has 4 heterocycles. The number of hydrogen-bond donors (Lipinski definition) is 1. The van der Waals surface area contributed by atoms with Crippen LogP contribution in [0.25, 0.3) is 0 Å².